The maximum absolute atomic E-state index is 12.5. The van der Waals surface area contributed by atoms with Crippen LogP contribution < -0.4 is 20.7 Å². The van der Waals surface area contributed by atoms with Crippen LogP contribution in [-0.4, -0.2) is 56.3 Å². The quantitative estimate of drug-likeness (QED) is 0.481. The lowest BCUT2D eigenvalue weighted by Crippen LogP contribution is -2.29. The molecule has 194 valence electrons. The second-order valence-corrected chi connectivity index (χ2v) is 7.40. The van der Waals surface area contributed by atoms with E-state index >= 15 is 0 Å². The third kappa shape index (κ3) is 10.4. The number of nitrogens with zero attached hydrogens (tertiary/aromatic N) is 1. The minimum atomic E-state index is -0.940. The maximum atomic E-state index is 12.5. The predicted octanol–water partition coefficient (Wildman–Crippen LogP) is 3.93. The van der Waals surface area contributed by atoms with Crippen molar-refractivity contribution in [1.29, 1.82) is 0 Å². The van der Waals surface area contributed by atoms with Gasteiger partial charge in [-0.05, 0) is 64.0 Å². The largest absolute Gasteiger partial charge is 0.494 e. The molecule has 1 aliphatic rings. The van der Waals surface area contributed by atoms with Crippen molar-refractivity contribution in [3.05, 3.63) is 53.9 Å². The van der Waals surface area contributed by atoms with Crippen LogP contribution in [0.5, 0.6) is 5.75 Å². The molecule has 1 aliphatic heterocycles. The zero-order chi connectivity index (χ0) is 26.2. The molecule has 0 bridgehead atoms. The summed E-state index contributed by atoms with van der Waals surface area (Å²) in [6.07, 6.45) is 3.65. The van der Waals surface area contributed by atoms with Crippen molar-refractivity contribution >= 4 is 17.5 Å². The summed E-state index contributed by atoms with van der Waals surface area (Å²) in [5.74, 6) is -2.33. The second kappa shape index (κ2) is 16.5. The molecule has 1 fully saturated rings. The van der Waals surface area contributed by atoms with E-state index in [1.807, 2.05) is 27.8 Å². The number of rotatable bonds is 8. The van der Waals surface area contributed by atoms with Gasteiger partial charge in [-0.1, -0.05) is 19.9 Å². The average molecular weight is 495 g/mol. The Hall–Kier alpha value is -3.11. The van der Waals surface area contributed by atoms with E-state index in [0.717, 1.165) is 31.9 Å². The highest BCUT2D eigenvalue weighted by atomic mass is 19.2. The van der Waals surface area contributed by atoms with E-state index in [2.05, 4.69) is 25.7 Å². The Labute approximate surface area is 205 Å². The van der Waals surface area contributed by atoms with Gasteiger partial charge in [-0.25, -0.2) is 4.39 Å². The number of methoxy groups -OCH3 is 1. The molecule has 0 aliphatic carbocycles. The number of aromatic nitrogens is 1. The summed E-state index contributed by atoms with van der Waals surface area (Å²) < 4.78 is 34.9. The fourth-order valence-electron chi connectivity index (χ4n) is 3.05. The number of carbonyl (C=O) groups excluding carboxylic acids is 2. The molecule has 8 nitrogen and oxygen atoms in total. The first kappa shape index (κ1) is 29.9. The first-order chi connectivity index (χ1) is 16.8. The van der Waals surface area contributed by atoms with Crippen LogP contribution in [0.4, 0.5) is 14.5 Å². The lowest BCUT2D eigenvalue weighted by molar-refractivity contribution is -0.126. The zero-order valence-corrected chi connectivity index (χ0v) is 21.0. The molecular weight excluding hydrogens is 458 g/mol. The number of pyridine rings is 1. The Kier molecular flexibility index (Phi) is 14.1. The molecule has 2 aromatic rings. The molecule has 1 saturated heterocycles. The van der Waals surface area contributed by atoms with Gasteiger partial charge in [0.25, 0.3) is 11.8 Å². The Morgan fingerprint density at radius 2 is 1.91 bits per heavy atom. The van der Waals surface area contributed by atoms with Crippen LogP contribution in [0.15, 0.2) is 36.5 Å². The van der Waals surface area contributed by atoms with Crippen LogP contribution in [0.25, 0.3) is 0 Å². The topological polar surface area (TPSA) is 102 Å². The molecule has 2 amide bonds. The van der Waals surface area contributed by atoms with E-state index in [9.17, 15) is 18.4 Å². The summed E-state index contributed by atoms with van der Waals surface area (Å²) in [4.78, 5) is 28.2. The maximum Gasteiger partial charge on any atom is 0.269 e. The number of amides is 2. The third-order valence-electron chi connectivity index (χ3n) is 4.81. The minimum absolute atomic E-state index is 0.0694. The summed E-state index contributed by atoms with van der Waals surface area (Å²) in [6, 6.07) is 7.02. The lowest BCUT2D eigenvalue weighted by Gasteiger charge is -2.12. The van der Waals surface area contributed by atoms with Crippen LogP contribution in [0.2, 0.25) is 0 Å². The Morgan fingerprint density at radius 3 is 2.51 bits per heavy atom. The molecular formula is C25H36F2N4O4. The fraction of sp³-hybridized carbons (Fsp3) is 0.480. The van der Waals surface area contributed by atoms with Gasteiger partial charge in [0.2, 0.25) is 5.82 Å². The molecule has 0 saturated carbocycles. The van der Waals surface area contributed by atoms with Crippen LogP contribution in [0.3, 0.4) is 0 Å². The molecule has 1 aromatic heterocycles. The third-order valence-corrected chi connectivity index (χ3v) is 4.81. The van der Waals surface area contributed by atoms with Crippen LogP contribution in [-0.2, 0) is 9.53 Å². The summed E-state index contributed by atoms with van der Waals surface area (Å²) in [6.45, 7) is 7.37. The molecule has 2 heterocycles. The minimum Gasteiger partial charge on any atom is -0.494 e. The predicted molar refractivity (Wildman–Crippen MR) is 132 cm³/mol. The fourth-order valence-corrected chi connectivity index (χ4v) is 3.05. The summed E-state index contributed by atoms with van der Waals surface area (Å²) in [5, 5.41) is 8.59. The van der Waals surface area contributed by atoms with Crippen molar-refractivity contribution in [2.24, 2.45) is 0 Å². The standard InChI is InChI=1S/C16H24N4O3.C7H6F2O.C2H6/c1-11-4-5-14(23-11)16(22)20-12-6-9-18-13(10-12)15(21)19-8-3-7-17-2;1-10-6-4-2-3-5(8)7(6)9;1-2/h6,9-11,14,17H,3-5,7-8H2,1-2H3,(H,19,21)(H,18,20,22);2-4H,1H3;1-2H3/t11?,14-;;/m1../s1. The number of anilines is 1. The zero-order valence-electron chi connectivity index (χ0n) is 21.0. The van der Waals surface area contributed by atoms with E-state index in [-0.39, 0.29) is 29.4 Å². The first-order valence-corrected chi connectivity index (χ1v) is 11.7. The molecule has 2 atom stereocenters. The number of benzene rings is 1. The number of ether oxygens (including phenoxy) is 2. The van der Waals surface area contributed by atoms with Crippen molar-refractivity contribution in [2.45, 2.75) is 52.2 Å². The smallest absolute Gasteiger partial charge is 0.269 e. The highest BCUT2D eigenvalue weighted by molar-refractivity contribution is 5.97. The Morgan fingerprint density at radius 1 is 1.17 bits per heavy atom. The molecule has 3 rings (SSSR count). The van der Waals surface area contributed by atoms with E-state index in [1.165, 1.54) is 25.4 Å². The molecule has 0 radical (unpaired) electrons. The SMILES string of the molecule is CC.CNCCCNC(=O)c1cc(NC(=O)[C@H]2CCC(C)O2)ccn1.COc1cccc(F)c1F. The van der Waals surface area contributed by atoms with Crippen LogP contribution in [0, 0.1) is 11.6 Å². The van der Waals surface area contributed by atoms with Gasteiger partial charge in [0.15, 0.2) is 11.6 Å². The summed E-state index contributed by atoms with van der Waals surface area (Å²) in [7, 11) is 3.15. The average Bonchev–Trinajstić information content (AvgIpc) is 3.32. The number of halogens is 2. The molecule has 10 heteroatoms. The van der Waals surface area contributed by atoms with Crippen molar-refractivity contribution in [1.82, 2.24) is 15.6 Å². The van der Waals surface area contributed by atoms with Gasteiger partial charge in [-0.15, -0.1) is 0 Å². The van der Waals surface area contributed by atoms with Crippen molar-refractivity contribution in [3.63, 3.8) is 0 Å². The molecule has 1 aromatic carbocycles. The lowest BCUT2D eigenvalue weighted by atomic mass is 10.2. The van der Waals surface area contributed by atoms with Gasteiger partial charge in [0, 0.05) is 18.4 Å². The second-order valence-electron chi connectivity index (χ2n) is 7.40. The first-order valence-electron chi connectivity index (χ1n) is 11.7. The number of nitrogens with one attached hydrogen (secondary N) is 3. The van der Waals surface area contributed by atoms with Gasteiger partial charge >= 0.3 is 0 Å². The van der Waals surface area contributed by atoms with Gasteiger partial charge in [-0.3, -0.25) is 14.6 Å². The number of hydrogen-bond donors (Lipinski definition) is 3. The van der Waals surface area contributed by atoms with Crippen LogP contribution in [0.1, 0.15) is 50.5 Å². The molecule has 35 heavy (non-hydrogen) atoms. The molecule has 3 N–H and O–H groups in total. The van der Waals surface area contributed by atoms with Crippen LogP contribution >= 0.6 is 0 Å². The Balaban J connectivity index is 0.000000425. The summed E-state index contributed by atoms with van der Waals surface area (Å²) >= 11 is 0. The van der Waals surface area contributed by atoms with E-state index in [4.69, 9.17) is 4.74 Å². The van der Waals surface area contributed by atoms with E-state index in [0.29, 0.717) is 12.2 Å². The highest BCUT2D eigenvalue weighted by Crippen LogP contribution is 2.21. The molecule has 0 spiro atoms. The monoisotopic (exact) mass is 494 g/mol. The summed E-state index contributed by atoms with van der Waals surface area (Å²) in [5.41, 5.74) is 0.835. The van der Waals surface area contributed by atoms with E-state index < -0.39 is 17.7 Å². The molecule has 1 unspecified atom stereocenters. The number of carbonyl (C=O) groups is 2. The van der Waals surface area contributed by atoms with Crippen molar-refractivity contribution in [3.8, 4) is 5.75 Å². The van der Waals surface area contributed by atoms with Crippen molar-refractivity contribution in [2.75, 3.05) is 32.6 Å². The highest BCUT2D eigenvalue weighted by Gasteiger charge is 2.28. The van der Waals surface area contributed by atoms with Gasteiger partial charge < -0.3 is 25.4 Å². The Bertz CT molecular complexity index is 930. The van der Waals surface area contributed by atoms with Gasteiger partial charge in [0.1, 0.15) is 11.8 Å². The van der Waals surface area contributed by atoms with Crippen molar-refractivity contribution < 1.29 is 27.8 Å². The van der Waals surface area contributed by atoms with Gasteiger partial charge in [0.05, 0.1) is 13.2 Å². The van der Waals surface area contributed by atoms with E-state index in [1.54, 1.807) is 12.1 Å². The van der Waals surface area contributed by atoms with Gasteiger partial charge in [-0.2, -0.15) is 4.39 Å². The normalized spacial score (nSPS) is 16.2. The number of hydrogen-bond acceptors (Lipinski definition) is 6.